The molecule has 0 bridgehead atoms. The van der Waals surface area contributed by atoms with Crippen LogP contribution in [-0.2, 0) is 9.59 Å². The minimum absolute atomic E-state index is 0.0357. The molecule has 2 aromatic rings. The predicted octanol–water partition coefficient (Wildman–Crippen LogP) is 0.445. The summed E-state index contributed by atoms with van der Waals surface area (Å²) in [7, 11) is 0. The lowest BCUT2D eigenvalue weighted by atomic mass is 10.3. The average Bonchev–Trinajstić information content (AvgIpc) is 3.02. The molecular formula is C13H9N5O2. The van der Waals surface area contributed by atoms with Crippen LogP contribution in [-0.4, -0.2) is 33.0 Å². The van der Waals surface area contributed by atoms with Crippen LogP contribution in [0.15, 0.2) is 30.6 Å². The lowest BCUT2D eigenvalue weighted by Gasteiger charge is -2.16. The molecule has 0 N–H and O–H groups in total. The standard InChI is InChI=1S/C13H9N5O2/c14-6-9-7-16-18(11-3-1-2-4-15-11)13(9)17-8-10(19)5-12(17)20/h1-4,7H,5,8H2. The van der Waals surface area contributed by atoms with Crippen LogP contribution < -0.4 is 4.90 Å². The second-order valence-electron chi connectivity index (χ2n) is 4.29. The molecule has 1 aliphatic rings. The number of carbonyl (C=O) groups is 2. The molecule has 0 spiro atoms. The number of pyridine rings is 1. The summed E-state index contributed by atoms with van der Waals surface area (Å²) in [6, 6.07) is 7.22. The molecule has 7 nitrogen and oxygen atoms in total. The van der Waals surface area contributed by atoms with Crippen LogP contribution in [0.3, 0.4) is 0 Å². The lowest BCUT2D eigenvalue weighted by Crippen LogP contribution is -2.28. The average molecular weight is 267 g/mol. The van der Waals surface area contributed by atoms with Gasteiger partial charge in [-0.15, -0.1) is 0 Å². The smallest absolute Gasteiger partial charge is 0.236 e. The van der Waals surface area contributed by atoms with E-state index in [0.29, 0.717) is 11.6 Å². The van der Waals surface area contributed by atoms with Crippen molar-refractivity contribution < 1.29 is 9.59 Å². The van der Waals surface area contributed by atoms with Crippen molar-refractivity contribution in [2.45, 2.75) is 6.42 Å². The van der Waals surface area contributed by atoms with E-state index >= 15 is 0 Å². The molecule has 1 amide bonds. The number of aromatic nitrogens is 3. The van der Waals surface area contributed by atoms with Crippen molar-refractivity contribution >= 4 is 17.5 Å². The number of carbonyl (C=O) groups excluding carboxylic acids is 2. The van der Waals surface area contributed by atoms with Crippen molar-refractivity contribution in [3.8, 4) is 11.9 Å². The van der Waals surface area contributed by atoms with Crippen molar-refractivity contribution in [3.05, 3.63) is 36.2 Å². The minimum Gasteiger partial charge on any atom is -0.297 e. The molecule has 0 unspecified atom stereocenters. The summed E-state index contributed by atoms with van der Waals surface area (Å²) in [5.41, 5.74) is 0.235. The first kappa shape index (κ1) is 12.0. The maximum atomic E-state index is 11.9. The van der Waals surface area contributed by atoms with Crippen molar-refractivity contribution in [2.75, 3.05) is 11.4 Å². The van der Waals surface area contributed by atoms with Gasteiger partial charge in [0.1, 0.15) is 11.6 Å². The Kier molecular flexibility index (Phi) is 2.76. The van der Waals surface area contributed by atoms with Gasteiger partial charge in [-0.2, -0.15) is 15.0 Å². The van der Waals surface area contributed by atoms with E-state index in [1.807, 2.05) is 6.07 Å². The lowest BCUT2D eigenvalue weighted by molar-refractivity contribution is -0.121. The zero-order valence-corrected chi connectivity index (χ0v) is 10.4. The molecule has 3 rings (SSSR count). The Hall–Kier alpha value is -3.01. The molecule has 0 radical (unpaired) electrons. The molecule has 1 saturated heterocycles. The fourth-order valence-corrected chi connectivity index (χ4v) is 2.10. The van der Waals surface area contributed by atoms with Gasteiger partial charge >= 0.3 is 0 Å². The summed E-state index contributed by atoms with van der Waals surface area (Å²) in [5, 5.41) is 13.2. The van der Waals surface area contributed by atoms with E-state index in [2.05, 4.69) is 10.1 Å². The van der Waals surface area contributed by atoms with Crippen molar-refractivity contribution in [1.29, 1.82) is 5.26 Å². The maximum absolute atomic E-state index is 11.9. The Morgan fingerprint density at radius 3 is 2.75 bits per heavy atom. The van der Waals surface area contributed by atoms with Gasteiger partial charge in [0.25, 0.3) is 0 Å². The molecular weight excluding hydrogens is 258 g/mol. The molecule has 1 fully saturated rings. The Bertz CT molecular complexity index is 729. The van der Waals surface area contributed by atoms with Crippen LogP contribution in [0.25, 0.3) is 5.82 Å². The molecule has 20 heavy (non-hydrogen) atoms. The molecule has 98 valence electrons. The molecule has 0 aliphatic carbocycles. The molecule has 2 aromatic heterocycles. The van der Waals surface area contributed by atoms with Gasteiger partial charge in [0.15, 0.2) is 17.4 Å². The highest BCUT2D eigenvalue weighted by Crippen LogP contribution is 2.26. The number of Topliss-reactive ketones (excluding diaryl/α,β-unsaturated/α-hetero) is 1. The Balaban J connectivity index is 2.15. The van der Waals surface area contributed by atoms with Crippen molar-refractivity contribution in [2.24, 2.45) is 0 Å². The van der Waals surface area contributed by atoms with Gasteiger partial charge in [0.05, 0.1) is 19.2 Å². The molecule has 1 aliphatic heterocycles. The maximum Gasteiger partial charge on any atom is 0.236 e. The number of anilines is 1. The third kappa shape index (κ3) is 1.83. The number of hydrogen-bond acceptors (Lipinski definition) is 5. The van der Waals surface area contributed by atoms with Gasteiger partial charge < -0.3 is 0 Å². The summed E-state index contributed by atoms with van der Waals surface area (Å²) < 4.78 is 1.40. The van der Waals surface area contributed by atoms with Crippen LogP contribution in [0.4, 0.5) is 5.82 Å². The number of amides is 1. The van der Waals surface area contributed by atoms with E-state index in [0.717, 1.165) is 0 Å². The van der Waals surface area contributed by atoms with Gasteiger partial charge in [0, 0.05) is 6.20 Å². The number of nitrogens with zero attached hydrogens (tertiary/aromatic N) is 5. The molecule has 3 heterocycles. The highest BCUT2D eigenvalue weighted by Gasteiger charge is 2.33. The van der Waals surface area contributed by atoms with Crippen LogP contribution in [0, 0.1) is 11.3 Å². The van der Waals surface area contributed by atoms with E-state index in [4.69, 9.17) is 5.26 Å². The predicted molar refractivity (Wildman–Crippen MR) is 68.1 cm³/mol. The van der Waals surface area contributed by atoms with E-state index in [1.54, 1.807) is 24.4 Å². The monoisotopic (exact) mass is 267 g/mol. The van der Waals surface area contributed by atoms with Gasteiger partial charge in [-0.1, -0.05) is 6.07 Å². The van der Waals surface area contributed by atoms with Crippen LogP contribution in [0.2, 0.25) is 0 Å². The number of hydrogen-bond donors (Lipinski definition) is 0. The zero-order chi connectivity index (χ0) is 14.1. The molecule has 7 heteroatoms. The molecule has 0 atom stereocenters. The topological polar surface area (TPSA) is 91.9 Å². The summed E-state index contributed by atoms with van der Waals surface area (Å²) in [6.07, 6.45) is 2.81. The Morgan fingerprint density at radius 1 is 1.30 bits per heavy atom. The van der Waals surface area contributed by atoms with Crippen LogP contribution in [0.5, 0.6) is 0 Å². The third-order valence-electron chi connectivity index (χ3n) is 2.97. The number of nitriles is 1. The fourth-order valence-electron chi connectivity index (χ4n) is 2.10. The Morgan fingerprint density at radius 2 is 2.15 bits per heavy atom. The minimum atomic E-state index is -0.329. The van der Waals surface area contributed by atoms with Gasteiger partial charge in [-0.05, 0) is 12.1 Å². The highest BCUT2D eigenvalue weighted by atomic mass is 16.2. The Labute approximate surface area is 114 Å². The molecule has 0 saturated carbocycles. The largest absolute Gasteiger partial charge is 0.297 e. The zero-order valence-electron chi connectivity index (χ0n) is 10.4. The second-order valence-corrected chi connectivity index (χ2v) is 4.29. The normalized spacial score (nSPS) is 14.7. The summed E-state index contributed by atoms with van der Waals surface area (Å²) in [5.74, 6) is 0.273. The number of ketones is 1. The third-order valence-corrected chi connectivity index (χ3v) is 2.97. The van der Waals surface area contributed by atoms with Crippen molar-refractivity contribution in [1.82, 2.24) is 14.8 Å². The van der Waals surface area contributed by atoms with Crippen molar-refractivity contribution in [3.63, 3.8) is 0 Å². The number of rotatable bonds is 2. The van der Waals surface area contributed by atoms with E-state index < -0.39 is 0 Å². The highest BCUT2D eigenvalue weighted by molar-refractivity contribution is 6.15. The van der Waals surface area contributed by atoms with Gasteiger partial charge in [0.2, 0.25) is 5.91 Å². The van der Waals surface area contributed by atoms with Gasteiger partial charge in [-0.25, -0.2) is 4.98 Å². The first-order valence-corrected chi connectivity index (χ1v) is 5.92. The van der Waals surface area contributed by atoms with Crippen LogP contribution >= 0.6 is 0 Å². The molecule has 0 aromatic carbocycles. The quantitative estimate of drug-likeness (QED) is 0.736. The van der Waals surface area contributed by atoms with E-state index in [9.17, 15) is 9.59 Å². The summed E-state index contributed by atoms with van der Waals surface area (Å²) in [6.45, 7) is -0.0357. The van der Waals surface area contributed by atoms with E-state index in [1.165, 1.54) is 15.8 Å². The SMILES string of the molecule is N#Cc1cnn(-c2ccccn2)c1N1CC(=O)CC1=O. The second kappa shape index (κ2) is 4.59. The first-order chi connectivity index (χ1) is 9.70. The van der Waals surface area contributed by atoms with Crippen LogP contribution in [0.1, 0.15) is 12.0 Å². The fraction of sp³-hybridized carbons (Fsp3) is 0.154. The van der Waals surface area contributed by atoms with E-state index in [-0.39, 0.29) is 30.2 Å². The first-order valence-electron chi connectivity index (χ1n) is 5.92. The summed E-state index contributed by atoms with van der Waals surface area (Å²) >= 11 is 0. The summed E-state index contributed by atoms with van der Waals surface area (Å²) in [4.78, 5) is 28.7. The van der Waals surface area contributed by atoms with Gasteiger partial charge in [-0.3, -0.25) is 14.5 Å².